The van der Waals surface area contributed by atoms with Crippen LogP contribution in [0.15, 0.2) is 58.0 Å². The highest BCUT2D eigenvalue weighted by Crippen LogP contribution is 2.29. The molecular weight excluding hydrogens is 447 g/mol. The molecule has 0 saturated carbocycles. The zero-order valence-corrected chi connectivity index (χ0v) is 18.2. The molecular formula is C23H18ClFN6O2. The van der Waals surface area contributed by atoms with Gasteiger partial charge in [0.05, 0.1) is 33.6 Å². The molecule has 33 heavy (non-hydrogen) atoms. The van der Waals surface area contributed by atoms with Gasteiger partial charge < -0.3 is 10.5 Å². The van der Waals surface area contributed by atoms with Crippen molar-refractivity contribution in [3.8, 4) is 29.5 Å². The molecule has 0 fully saturated rings. The summed E-state index contributed by atoms with van der Waals surface area (Å²) in [6, 6.07) is 7.23. The molecule has 0 bridgehead atoms. The Morgan fingerprint density at radius 1 is 1.45 bits per heavy atom. The van der Waals surface area contributed by atoms with E-state index in [0.29, 0.717) is 27.7 Å². The lowest BCUT2D eigenvalue weighted by molar-refractivity contribution is 0.265. The van der Waals surface area contributed by atoms with Crippen molar-refractivity contribution in [1.29, 1.82) is 5.26 Å². The first kappa shape index (κ1) is 23.5. The third-order valence-corrected chi connectivity index (χ3v) is 4.90. The summed E-state index contributed by atoms with van der Waals surface area (Å²) in [4.78, 5) is 12.1. The molecule has 0 atom stereocenters. The Morgan fingerprint density at radius 3 is 2.91 bits per heavy atom. The Morgan fingerprint density at radius 2 is 2.24 bits per heavy atom. The van der Waals surface area contributed by atoms with Crippen LogP contribution in [-0.2, 0) is 18.3 Å². The van der Waals surface area contributed by atoms with Crippen LogP contribution in [0.1, 0.15) is 11.4 Å². The number of nitriles is 1. The Balaban J connectivity index is 2.18. The molecule has 1 aromatic carbocycles. The molecule has 0 saturated heterocycles. The van der Waals surface area contributed by atoms with Gasteiger partial charge in [0.25, 0.3) is 5.56 Å². The molecule has 3 N–H and O–H groups in total. The zero-order chi connectivity index (χ0) is 24.0. The van der Waals surface area contributed by atoms with Crippen LogP contribution >= 0.6 is 11.6 Å². The fourth-order valence-corrected chi connectivity index (χ4v) is 3.25. The predicted octanol–water partition coefficient (Wildman–Crippen LogP) is 3.27. The van der Waals surface area contributed by atoms with E-state index in [1.54, 1.807) is 36.1 Å². The maximum Gasteiger partial charge on any atom is 0.272 e. The van der Waals surface area contributed by atoms with Crippen LogP contribution in [0.5, 0.6) is 0 Å². The Hall–Kier alpha value is -4.18. The van der Waals surface area contributed by atoms with Crippen molar-refractivity contribution >= 4 is 28.4 Å². The Bertz CT molecular complexity index is 1440. The number of aromatic nitrogens is 4. The molecule has 10 heteroatoms. The van der Waals surface area contributed by atoms with Gasteiger partial charge in [-0.1, -0.05) is 23.6 Å². The second kappa shape index (κ2) is 10.4. The van der Waals surface area contributed by atoms with Crippen LogP contribution in [0, 0.1) is 23.7 Å². The van der Waals surface area contributed by atoms with E-state index in [4.69, 9.17) is 28.5 Å². The number of allylic oxidation sites excluding steroid dienone is 3. The van der Waals surface area contributed by atoms with Crippen LogP contribution in [0.25, 0.3) is 28.0 Å². The minimum Gasteiger partial charge on any atom is -0.480 e. The maximum absolute atomic E-state index is 12.8. The van der Waals surface area contributed by atoms with Crippen molar-refractivity contribution in [3.05, 3.63) is 74.9 Å². The lowest BCUT2D eigenvalue weighted by Crippen LogP contribution is -2.13. The smallest absolute Gasteiger partial charge is 0.272 e. The molecule has 0 aliphatic heterocycles. The number of H-pyrrole nitrogens is 1. The van der Waals surface area contributed by atoms with Gasteiger partial charge in [-0.25, -0.2) is 9.49 Å². The van der Waals surface area contributed by atoms with Crippen molar-refractivity contribution in [1.82, 2.24) is 20.0 Å². The van der Waals surface area contributed by atoms with Crippen molar-refractivity contribution in [3.63, 3.8) is 0 Å². The van der Waals surface area contributed by atoms with Crippen molar-refractivity contribution in [2.75, 3.05) is 6.61 Å². The summed E-state index contributed by atoms with van der Waals surface area (Å²) >= 11 is 5.76. The second-order valence-electron chi connectivity index (χ2n) is 6.70. The van der Waals surface area contributed by atoms with Crippen molar-refractivity contribution in [2.45, 2.75) is 6.54 Å². The number of aryl methyl sites for hydroxylation is 1. The molecule has 166 valence electrons. The van der Waals surface area contributed by atoms with Crippen LogP contribution < -0.4 is 11.3 Å². The van der Waals surface area contributed by atoms with Gasteiger partial charge in [-0.05, 0) is 23.8 Å². The van der Waals surface area contributed by atoms with E-state index >= 15 is 0 Å². The standard InChI is InChI=1S/C23H18ClFN6O2/c1-3-6-33-22(9-16(24)10-25)15(11-26)8-21-19(13-28-31(21)2)14-4-5-17-18(7-14)20(12-27)29-30-23(17)32/h1,4-5,7-10,13H,6,12,27H2,2H3,(H,30,32)/b15-8+,16-10-,22-9+. The normalized spacial score (nSPS) is 12.5. The van der Waals surface area contributed by atoms with E-state index in [2.05, 4.69) is 21.2 Å². The number of benzene rings is 1. The van der Waals surface area contributed by atoms with Crippen LogP contribution in [0.3, 0.4) is 0 Å². The quantitative estimate of drug-likeness (QED) is 0.239. The van der Waals surface area contributed by atoms with Gasteiger partial charge in [0.15, 0.2) is 0 Å². The number of nitrogens with one attached hydrogen (secondary N) is 1. The van der Waals surface area contributed by atoms with E-state index < -0.39 is 0 Å². The van der Waals surface area contributed by atoms with Gasteiger partial charge in [-0.2, -0.15) is 15.5 Å². The summed E-state index contributed by atoms with van der Waals surface area (Å²) in [5.41, 5.74) is 7.97. The number of nitrogens with zero attached hydrogens (tertiary/aromatic N) is 4. The van der Waals surface area contributed by atoms with E-state index in [1.165, 1.54) is 6.08 Å². The highest BCUT2D eigenvalue weighted by atomic mass is 35.5. The van der Waals surface area contributed by atoms with E-state index in [0.717, 1.165) is 11.6 Å². The highest BCUT2D eigenvalue weighted by molar-refractivity contribution is 6.31. The summed E-state index contributed by atoms with van der Waals surface area (Å²) in [5.74, 6) is 2.29. The highest BCUT2D eigenvalue weighted by Gasteiger charge is 2.15. The van der Waals surface area contributed by atoms with Crippen molar-refractivity contribution in [2.24, 2.45) is 12.8 Å². The van der Waals surface area contributed by atoms with E-state index in [9.17, 15) is 14.4 Å². The average Bonchev–Trinajstić information content (AvgIpc) is 3.20. The molecule has 0 radical (unpaired) electrons. The number of fused-ring (bicyclic) bond motifs is 1. The predicted molar refractivity (Wildman–Crippen MR) is 124 cm³/mol. The number of aromatic amines is 1. The third kappa shape index (κ3) is 5.01. The second-order valence-corrected chi connectivity index (χ2v) is 7.13. The van der Waals surface area contributed by atoms with Gasteiger partial charge in [0, 0.05) is 30.6 Å². The lowest BCUT2D eigenvalue weighted by Gasteiger charge is -2.09. The number of nitrogens with two attached hydrogens (primary N) is 1. The molecule has 3 rings (SSSR count). The van der Waals surface area contributed by atoms with Gasteiger partial charge in [-0.15, -0.1) is 6.42 Å². The van der Waals surface area contributed by atoms with E-state index in [1.807, 2.05) is 6.07 Å². The summed E-state index contributed by atoms with van der Waals surface area (Å²) in [5, 5.41) is 21.2. The van der Waals surface area contributed by atoms with Gasteiger partial charge in [0.1, 0.15) is 24.8 Å². The third-order valence-electron chi connectivity index (χ3n) is 4.71. The van der Waals surface area contributed by atoms with Crippen LogP contribution in [-0.4, -0.2) is 26.6 Å². The number of rotatable bonds is 7. The molecule has 0 unspecified atom stereocenters. The molecule has 2 aromatic heterocycles. The maximum atomic E-state index is 12.8. The van der Waals surface area contributed by atoms with Gasteiger partial charge in [-0.3, -0.25) is 9.48 Å². The number of terminal acetylenes is 1. The molecule has 2 heterocycles. The summed E-state index contributed by atoms with van der Waals surface area (Å²) in [7, 11) is 1.70. The minimum absolute atomic E-state index is 0.00108. The molecule has 0 aliphatic carbocycles. The average molecular weight is 465 g/mol. The Labute approximate surface area is 193 Å². The number of hydrogen-bond acceptors (Lipinski definition) is 6. The molecule has 0 spiro atoms. The van der Waals surface area contributed by atoms with Gasteiger partial charge >= 0.3 is 0 Å². The molecule has 3 aromatic rings. The van der Waals surface area contributed by atoms with Crippen molar-refractivity contribution < 1.29 is 9.13 Å². The summed E-state index contributed by atoms with van der Waals surface area (Å²) < 4.78 is 19.8. The van der Waals surface area contributed by atoms with Crippen LogP contribution in [0.2, 0.25) is 0 Å². The summed E-state index contributed by atoms with van der Waals surface area (Å²) in [6.45, 7) is -0.00767. The van der Waals surface area contributed by atoms with Crippen LogP contribution in [0.4, 0.5) is 4.39 Å². The molecule has 0 amide bonds. The lowest BCUT2D eigenvalue weighted by atomic mass is 10.0. The monoisotopic (exact) mass is 464 g/mol. The topological polar surface area (TPSA) is 123 Å². The molecule has 0 aliphatic rings. The first-order valence-electron chi connectivity index (χ1n) is 9.53. The number of ether oxygens (including phenoxy) is 1. The SMILES string of the molecule is C#CCOC(=C/C(Cl)=C/F)/C(C#N)=C/c1c(-c2ccc3c(=O)[nH]nc(CN)c3c2)cnn1C. The Kier molecular flexibility index (Phi) is 7.42. The zero-order valence-electron chi connectivity index (χ0n) is 17.5. The first-order chi connectivity index (χ1) is 15.9. The first-order valence-corrected chi connectivity index (χ1v) is 9.91. The number of halogens is 2. The largest absolute Gasteiger partial charge is 0.480 e. The number of hydrogen-bond donors (Lipinski definition) is 2. The fraction of sp³-hybridized carbons (Fsp3) is 0.130. The molecule has 8 nitrogen and oxygen atoms in total. The van der Waals surface area contributed by atoms with Gasteiger partial charge in [0.2, 0.25) is 0 Å². The summed E-state index contributed by atoms with van der Waals surface area (Å²) in [6.07, 6.45) is 9.71. The minimum atomic E-state index is -0.329. The fourth-order valence-electron chi connectivity index (χ4n) is 3.15. The van der Waals surface area contributed by atoms with E-state index in [-0.39, 0.29) is 41.4 Å².